The molecule has 2 heterocycles. The average Bonchev–Trinajstić information content (AvgIpc) is 3.57. The maximum Gasteiger partial charge on any atom is 0.469 e. The van der Waals surface area contributed by atoms with Crippen LogP contribution < -0.4 is 11.2 Å². The summed E-state index contributed by atoms with van der Waals surface area (Å²) in [6.07, 6.45) is 20.4. The smallest absolute Gasteiger partial charge is 0.379 e. The Bertz CT molecular complexity index is 1280. The second kappa shape index (κ2) is 25.9. The number of ether oxygens (including phenoxy) is 3. The van der Waals surface area contributed by atoms with E-state index in [-0.39, 0.29) is 18.6 Å². The molecule has 1 saturated heterocycles. The van der Waals surface area contributed by atoms with E-state index < -0.39 is 43.6 Å². The zero-order valence-corrected chi connectivity index (χ0v) is 31.7. The van der Waals surface area contributed by atoms with Gasteiger partial charge in [0.1, 0.15) is 6.23 Å². The molecule has 0 aliphatic carbocycles. The fourth-order valence-corrected chi connectivity index (χ4v) is 6.98. The van der Waals surface area contributed by atoms with Gasteiger partial charge in [-0.2, -0.15) is 4.91 Å². The summed E-state index contributed by atoms with van der Waals surface area (Å²) < 4.78 is 37.3. The van der Waals surface area contributed by atoms with Crippen molar-refractivity contribution in [2.24, 2.45) is 5.22 Å². The van der Waals surface area contributed by atoms with Gasteiger partial charge in [-0.05, 0) is 37.8 Å². The largest absolute Gasteiger partial charge is 0.469 e. The molecule has 1 fully saturated rings. The highest BCUT2D eigenvalue weighted by molar-refractivity contribution is 7.46. The quantitative estimate of drug-likeness (QED) is 0.0258. The molecular formula is C35H64N5O9P. The standard InChI is InChI=1S/C35H64N5O9P/c1-4-6-8-10-12-14-15-16-18-20-24-46-28-30(47-25-21-19-17-13-11-9-7-5-2)26-32(49-50(43,44)45)31-22-23-33(48-31)39-27-29(3)34(41)40(35(39)42)38-37-36/h27,30-33H,4-26,28H2,1-3H3,(H2,43,44,45)/t30?,31-,32?,33+/m0/s1. The first-order valence-electron chi connectivity index (χ1n) is 19.1. The van der Waals surface area contributed by atoms with Gasteiger partial charge in [-0.3, -0.25) is 9.09 Å². The third-order valence-electron chi connectivity index (χ3n) is 9.21. The Morgan fingerprint density at radius 3 is 1.98 bits per heavy atom. The average molecular weight is 730 g/mol. The number of aryl methyl sites for hydroxylation is 1. The fourth-order valence-electron chi connectivity index (χ4n) is 6.41. The van der Waals surface area contributed by atoms with Gasteiger partial charge in [0.05, 0.1) is 30.5 Å². The molecule has 288 valence electrons. The highest BCUT2D eigenvalue weighted by Gasteiger charge is 2.39. The van der Waals surface area contributed by atoms with Gasteiger partial charge >= 0.3 is 19.1 Å². The van der Waals surface area contributed by atoms with Crippen LogP contribution in [-0.4, -0.2) is 57.2 Å². The topological polar surface area (TPSA) is 187 Å². The zero-order valence-electron chi connectivity index (χ0n) is 30.8. The number of azide groups is 1. The number of hydrogen-bond acceptors (Lipinski definition) is 8. The van der Waals surface area contributed by atoms with Crippen molar-refractivity contribution in [3.8, 4) is 0 Å². The Kier molecular flexibility index (Phi) is 22.8. The lowest BCUT2D eigenvalue weighted by molar-refractivity contribution is -0.0896. The van der Waals surface area contributed by atoms with Gasteiger partial charge in [0, 0.05) is 25.8 Å². The Balaban J connectivity index is 2.00. The summed E-state index contributed by atoms with van der Waals surface area (Å²) >= 11 is 0. The molecule has 14 nitrogen and oxygen atoms in total. The second-order valence-electron chi connectivity index (χ2n) is 13.6. The van der Waals surface area contributed by atoms with Crippen LogP contribution in [0.1, 0.15) is 160 Å². The summed E-state index contributed by atoms with van der Waals surface area (Å²) in [5.41, 5.74) is 7.39. The summed E-state index contributed by atoms with van der Waals surface area (Å²) in [7, 11) is -4.92. The number of unbranched alkanes of at least 4 members (excludes halogenated alkanes) is 16. The molecule has 0 aromatic carbocycles. The van der Waals surface area contributed by atoms with Crippen LogP contribution in [0, 0.1) is 6.92 Å². The lowest BCUT2D eigenvalue weighted by Crippen LogP contribution is -2.40. The van der Waals surface area contributed by atoms with Gasteiger partial charge < -0.3 is 24.0 Å². The van der Waals surface area contributed by atoms with Gasteiger partial charge in [0.25, 0.3) is 0 Å². The molecule has 0 bridgehead atoms. The Morgan fingerprint density at radius 1 is 0.900 bits per heavy atom. The first kappa shape index (κ1) is 44.1. The van der Waals surface area contributed by atoms with Crippen molar-refractivity contribution in [1.29, 1.82) is 0 Å². The van der Waals surface area contributed by atoms with E-state index in [1.54, 1.807) is 0 Å². The summed E-state index contributed by atoms with van der Waals surface area (Å²) in [6.45, 7) is 7.24. The summed E-state index contributed by atoms with van der Waals surface area (Å²) in [5.74, 6) is 0. The second-order valence-corrected chi connectivity index (χ2v) is 14.8. The molecule has 0 radical (unpaired) electrons. The van der Waals surface area contributed by atoms with Crippen molar-refractivity contribution in [2.45, 2.75) is 180 Å². The zero-order chi connectivity index (χ0) is 36.6. The lowest BCUT2D eigenvalue weighted by atomic mass is 10.0. The maximum atomic E-state index is 12.9. The van der Waals surface area contributed by atoms with Crippen LogP contribution in [-0.2, 0) is 23.3 Å². The molecule has 1 aliphatic rings. The molecule has 0 spiro atoms. The molecule has 0 amide bonds. The van der Waals surface area contributed by atoms with Crippen LogP contribution in [0.15, 0.2) is 21.0 Å². The molecule has 1 aromatic rings. The number of phosphoric ester groups is 1. The molecule has 2 rings (SSSR count). The predicted molar refractivity (Wildman–Crippen MR) is 194 cm³/mol. The summed E-state index contributed by atoms with van der Waals surface area (Å²) in [5, 5.41) is 3.21. The van der Waals surface area contributed by atoms with E-state index in [0.717, 1.165) is 36.7 Å². The number of aromatic nitrogens is 2. The van der Waals surface area contributed by atoms with Crippen molar-refractivity contribution >= 4 is 7.82 Å². The minimum atomic E-state index is -4.92. The summed E-state index contributed by atoms with van der Waals surface area (Å²) in [4.78, 5) is 47.5. The normalized spacial score (nSPS) is 17.5. The van der Waals surface area contributed by atoms with Crippen LogP contribution in [0.25, 0.3) is 10.4 Å². The molecule has 2 unspecified atom stereocenters. The van der Waals surface area contributed by atoms with E-state index in [4.69, 9.17) is 24.3 Å². The first-order chi connectivity index (χ1) is 24.1. The minimum absolute atomic E-state index is 0.115. The van der Waals surface area contributed by atoms with Crippen molar-refractivity contribution in [3.63, 3.8) is 0 Å². The molecule has 50 heavy (non-hydrogen) atoms. The van der Waals surface area contributed by atoms with E-state index >= 15 is 0 Å². The van der Waals surface area contributed by atoms with E-state index in [0.29, 0.717) is 30.7 Å². The molecule has 0 saturated carbocycles. The molecule has 1 aromatic heterocycles. The number of rotatable bonds is 30. The molecule has 15 heteroatoms. The fraction of sp³-hybridized carbons (Fsp3) is 0.886. The van der Waals surface area contributed by atoms with Crippen molar-refractivity contribution in [2.75, 3.05) is 19.8 Å². The maximum absolute atomic E-state index is 12.9. The van der Waals surface area contributed by atoms with Crippen LogP contribution in [0.3, 0.4) is 0 Å². The van der Waals surface area contributed by atoms with Gasteiger partial charge in [-0.1, -0.05) is 121 Å². The third kappa shape index (κ3) is 18.0. The molecule has 2 N–H and O–H groups in total. The lowest BCUT2D eigenvalue weighted by Gasteiger charge is -2.28. The van der Waals surface area contributed by atoms with Gasteiger partial charge in [0.2, 0.25) is 0 Å². The summed E-state index contributed by atoms with van der Waals surface area (Å²) in [6, 6.07) is 0. The number of hydrogen-bond donors (Lipinski definition) is 2. The predicted octanol–water partition coefficient (Wildman–Crippen LogP) is 8.40. The Labute approximate surface area is 298 Å². The Morgan fingerprint density at radius 2 is 1.44 bits per heavy atom. The Hall–Kier alpha value is -2.02. The van der Waals surface area contributed by atoms with Crippen molar-refractivity contribution in [1.82, 2.24) is 9.24 Å². The van der Waals surface area contributed by atoms with E-state index in [2.05, 4.69) is 24.0 Å². The van der Waals surface area contributed by atoms with Crippen LogP contribution in [0.5, 0.6) is 0 Å². The van der Waals surface area contributed by atoms with E-state index in [1.165, 1.54) is 96.6 Å². The van der Waals surface area contributed by atoms with Gasteiger partial charge in [-0.25, -0.2) is 14.2 Å². The van der Waals surface area contributed by atoms with Crippen molar-refractivity contribution in [3.05, 3.63) is 43.0 Å². The van der Waals surface area contributed by atoms with Crippen LogP contribution in [0.4, 0.5) is 0 Å². The molecule has 1 aliphatic heterocycles. The minimum Gasteiger partial charge on any atom is -0.379 e. The SMILES string of the molecule is CCCCCCCCCCCCOCC(CC(OP(=O)(O)O)[C@@H]1CC[C@H](n2cc(C)c(=O)n(N=[N+]=[N-])c2=O)O1)OCCCCCCCCCC. The first-order valence-corrected chi connectivity index (χ1v) is 20.6. The molecular weight excluding hydrogens is 665 g/mol. The van der Waals surface area contributed by atoms with Gasteiger partial charge in [0.15, 0.2) is 0 Å². The third-order valence-corrected chi connectivity index (χ3v) is 9.76. The monoisotopic (exact) mass is 729 g/mol. The number of nitrogens with zero attached hydrogens (tertiary/aromatic N) is 5. The number of phosphoric acid groups is 1. The van der Waals surface area contributed by atoms with Crippen LogP contribution in [0.2, 0.25) is 0 Å². The van der Waals surface area contributed by atoms with E-state index in [1.807, 2.05) is 0 Å². The molecule has 4 atom stereocenters. The highest BCUT2D eigenvalue weighted by atomic mass is 31.2. The van der Waals surface area contributed by atoms with Crippen molar-refractivity contribution < 1.29 is 33.1 Å². The highest BCUT2D eigenvalue weighted by Crippen LogP contribution is 2.42. The van der Waals surface area contributed by atoms with Gasteiger partial charge in [-0.15, -0.1) is 5.53 Å². The van der Waals surface area contributed by atoms with Crippen LogP contribution >= 0.6 is 7.82 Å². The van der Waals surface area contributed by atoms with E-state index in [9.17, 15) is 23.9 Å².